The fourth-order valence-corrected chi connectivity index (χ4v) is 17.7. The predicted octanol–water partition coefficient (Wildman–Crippen LogP) is 28.5. The summed E-state index contributed by atoms with van der Waals surface area (Å²) in [6.45, 7) is 27.8. The zero-order valence-electron chi connectivity index (χ0n) is 63.4. The minimum Gasteiger partial charge on any atom is -0.456 e. The summed E-state index contributed by atoms with van der Waals surface area (Å²) in [6.07, 6.45) is 0. The standard InChI is InChI=1S/C50H44N2O2.C48H44N2O2Si2/c1-49(2,3)33-21-25-37(26-22-33)51(35-15-9-7-10-16-35)39-29-30-41-44(31-39)53-45-32-42(48-47(46(41)45)40-19-13-14-20-43(40)54-48)52(36-17-11-8-12-18-36)38-27-23-34(24-28-38)50(4,5)6;1-53(2,3)38-26-21-35(22-27-38)49(33-15-9-7-10-16-33)37-25-30-41-44(31-37)51-45-32-42(48-47(46(41)45)40-19-13-14-20-43(40)52-48)50(34-17-11-8-12-18-34)36-23-28-39(29-24-36)54(4,5)6/h2*7-32H,1-6H3. The molecule has 108 heavy (non-hydrogen) atoms. The molecule has 18 rings (SSSR count). The van der Waals surface area contributed by atoms with E-state index in [0.29, 0.717) is 0 Å². The largest absolute Gasteiger partial charge is 0.456 e. The maximum absolute atomic E-state index is 6.95. The Labute approximate surface area is 633 Å². The van der Waals surface area contributed by atoms with E-state index < -0.39 is 16.1 Å². The summed E-state index contributed by atoms with van der Waals surface area (Å²) in [6, 6.07) is 112. The molecule has 0 aliphatic carbocycles. The van der Waals surface area contributed by atoms with Crippen LogP contribution in [0.4, 0.5) is 68.2 Å². The van der Waals surface area contributed by atoms with Crippen LogP contribution in [0.1, 0.15) is 52.7 Å². The molecule has 0 spiro atoms. The molecule has 0 atom stereocenters. The molecule has 0 aliphatic heterocycles. The van der Waals surface area contributed by atoms with Gasteiger partial charge in [0.1, 0.15) is 33.5 Å². The Hall–Kier alpha value is -12.1. The van der Waals surface area contributed by atoms with Gasteiger partial charge in [0.15, 0.2) is 11.2 Å². The number of benzene rings is 14. The van der Waals surface area contributed by atoms with E-state index in [-0.39, 0.29) is 10.8 Å². The van der Waals surface area contributed by atoms with E-state index in [9.17, 15) is 0 Å². The highest BCUT2D eigenvalue weighted by Gasteiger charge is 2.30. The molecule has 14 aromatic carbocycles. The van der Waals surface area contributed by atoms with E-state index in [0.717, 1.165) is 156 Å². The molecule has 4 aromatic heterocycles. The number of anilines is 12. The zero-order chi connectivity index (χ0) is 74.4. The molecule has 0 bridgehead atoms. The van der Waals surface area contributed by atoms with Crippen LogP contribution >= 0.6 is 0 Å². The first kappa shape index (κ1) is 69.0. The lowest BCUT2D eigenvalue weighted by atomic mass is 9.87. The Morgan fingerprint density at radius 2 is 0.491 bits per heavy atom. The van der Waals surface area contributed by atoms with Crippen molar-refractivity contribution in [2.24, 2.45) is 0 Å². The molecule has 18 aromatic rings. The van der Waals surface area contributed by atoms with Crippen LogP contribution in [0.5, 0.6) is 0 Å². The number of para-hydroxylation sites is 6. The average molecular weight is 1440 g/mol. The number of hydrogen-bond donors (Lipinski definition) is 0. The number of hydrogen-bond acceptors (Lipinski definition) is 8. The molecule has 0 saturated carbocycles. The molecular weight excluding hydrogens is 1350 g/mol. The van der Waals surface area contributed by atoms with Gasteiger partial charge in [-0.25, -0.2) is 0 Å². The van der Waals surface area contributed by atoms with E-state index in [1.807, 2.05) is 12.1 Å². The van der Waals surface area contributed by atoms with Gasteiger partial charge in [-0.3, -0.25) is 0 Å². The summed E-state index contributed by atoms with van der Waals surface area (Å²) >= 11 is 0. The number of fused-ring (bicyclic) bond motifs is 14. The average Bonchev–Trinajstić information content (AvgIpc) is 1.56. The summed E-state index contributed by atoms with van der Waals surface area (Å²) in [7, 11) is -2.94. The SMILES string of the molecule is CC(C)(C)c1ccc(N(c2ccccc2)c2ccc3c(c2)oc2cc(N(c4ccccc4)c4ccc(C(C)(C)C)cc4)c4oc5ccccc5c4c23)cc1.C[Si](C)(C)c1ccc(N(c2ccccc2)c2ccc3c(c2)oc2cc(N(c4ccccc4)c4ccc([Si](C)(C)C)cc4)c4oc5ccccc5c4c23)cc1. The third-order valence-corrected chi connectivity index (χ3v) is 25.2. The number of furan rings is 4. The van der Waals surface area contributed by atoms with Crippen molar-refractivity contribution >= 4 is 183 Å². The molecule has 0 saturated heterocycles. The maximum Gasteiger partial charge on any atom is 0.160 e. The summed E-state index contributed by atoms with van der Waals surface area (Å²) in [5.74, 6) is 0. The fourth-order valence-electron chi connectivity index (χ4n) is 15.4. The maximum atomic E-state index is 6.95. The quantitative estimate of drug-likeness (QED) is 0.0998. The zero-order valence-corrected chi connectivity index (χ0v) is 65.4. The molecule has 0 N–H and O–H groups in total. The highest BCUT2D eigenvalue weighted by Crippen LogP contribution is 2.52. The Balaban J connectivity index is 0.000000158. The van der Waals surface area contributed by atoms with Crippen LogP contribution in [-0.2, 0) is 10.8 Å². The summed E-state index contributed by atoms with van der Waals surface area (Å²) in [5.41, 5.74) is 21.8. The van der Waals surface area contributed by atoms with Gasteiger partial charge in [0.2, 0.25) is 0 Å². The first-order chi connectivity index (χ1) is 52.1. The Morgan fingerprint density at radius 3 is 0.815 bits per heavy atom. The molecule has 0 fully saturated rings. The minimum absolute atomic E-state index is 0.0418. The lowest BCUT2D eigenvalue weighted by Crippen LogP contribution is -2.37. The van der Waals surface area contributed by atoms with Gasteiger partial charge >= 0.3 is 0 Å². The van der Waals surface area contributed by atoms with Crippen LogP contribution in [0.25, 0.3) is 87.8 Å². The van der Waals surface area contributed by atoms with Gasteiger partial charge in [0.05, 0.1) is 27.5 Å². The first-order valence-electron chi connectivity index (χ1n) is 37.5. The Morgan fingerprint density at radius 1 is 0.222 bits per heavy atom. The second-order valence-electron chi connectivity index (χ2n) is 32.6. The van der Waals surface area contributed by atoms with Gasteiger partial charge < -0.3 is 37.3 Å². The van der Waals surface area contributed by atoms with Gasteiger partial charge in [-0.2, -0.15) is 0 Å². The number of nitrogens with zero attached hydrogens (tertiary/aromatic N) is 4. The summed E-state index contributed by atoms with van der Waals surface area (Å²) in [5, 5.41) is 11.3. The van der Waals surface area contributed by atoms with Crippen molar-refractivity contribution in [1.82, 2.24) is 0 Å². The van der Waals surface area contributed by atoms with Crippen molar-refractivity contribution < 1.29 is 17.7 Å². The molecular formula is C98H88N4O4Si2. The molecule has 0 unspecified atom stereocenters. The number of rotatable bonds is 14. The molecule has 10 heteroatoms. The second-order valence-corrected chi connectivity index (χ2v) is 42.7. The lowest BCUT2D eigenvalue weighted by Gasteiger charge is -2.27. The van der Waals surface area contributed by atoms with E-state index >= 15 is 0 Å². The second kappa shape index (κ2) is 27.1. The van der Waals surface area contributed by atoms with Crippen molar-refractivity contribution in [3.8, 4) is 0 Å². The topological polar surface area (TPSA) is 65.5 Å². The smallest absolute Gasteiger partial charge is 0.160 e. The molecule has 532 valence electrons. The van der Waals surface area contributed by atoms with Crippen molar-refractivity contribution in [1.29, 1.82) is 0 Å². The van der Waals surface area contributed by atoms with Gasteiger partial charge in [0.25, 0.3) is 0 Å². The van der Waals surface area contributed by atoms with Crippen LogP contribution in [0.3, 0.4) is 0 Å². The highest BCUT2D eigenvalue weighted by molar-refractivity contribution is 6.89. The summed E-state index contributed by atoms with van der Waals surface area (Å²) < 4.78 is 27.6. The first-order valence-corrected chi connectivity index (χ1v) is 44.5. The van der Waals surface area contributed by atoms with Crippen LogP contribution in [0, 0.1) is 0 Å². The van der Waals surface area contributed by atoms with Crippen LogP contribution in [-0.4, -0.2) is 16.1 Å². The van der Waals surface area contributed by atoms with Crippen molar-refractivity contribution in [2.45, 2.75) is 91.7 Å². The van der Waals surface area contributed by atoms with Crippen LogP contribution < -0.4 is 30.0 Å². The molecule has 0 radical (unpaired) electrons. The van der Waals surface area contributed by atoms with Gasteiger partial charge in [0, 0.05) is 124 Å². The predicted molar refractivity (Wildman–Crippen MR) is 464 cm³/mol. The monoisotopic (exact) mass is 1440 g/mol. The van der Waals surface area contributed by atoms with Gasteiger partial charge in [-0.1, -0.05) is 249 Å². The molecule has 0 amide bonds. The molecule has 4 heterocycles. The van der Waals surface area contributed by atoms with Gasteiger partial charge in [-0.15, -0.1) is 0 Å². The highest BCUT2D eigenvalue weighted by atomic mass is 28.3. The normalized spacial score (nSPS) is 12.3. The summed E-state index contributed by atoms with van der Waals surface area (Å²) in [4.78, 5) is 9.20. The van der Waals surface area contributed by atoms with E-state index in [2.05, 4.69) is 404 Å². The van der Waals surface area contributed by atoms with Crippen LogP contribution in [0.2, 0.25) is 39.3 Å². The van der Waals surface area contributed by atoms with Crippen molar-refractivity contribution in [3.63, 3.8) is 0 Å². The van der Waals surface area contributed by atoms with Gasteiger partial charge in [-0.05, 0) is 155 Å². The van der Waals surface area contributed by atoms with Crippen molar-refractivity contribution in [2.75, 3.05) is 19.6 Å². The Bertz CT molecular complexity index is 5930. The molecule has 0 aliphatic rings. The van der Waals surface area contributed by atoms with E-state index in [1.54, 1.807) is 0 Å². The minimum atomic E-state index is -1.49. The van der Waals surface area contributed by atoms with E-state index in [1.165, 1.54) is 21.5 Å². The Kier molecular flexibility index (Phi) is 17.3. The lowest BCUT2D eigenvalue weighted by molar-refractivity contribution is 0.590. The van der Waals surface area contributed by atoms with E-state index in [4.69, 9.17) is 17.7 Å². The fraction of sp³-hybridized carbons (Fsp3) is 0.143. The third-order valence-electron chi connectivity index (χ3n) is 21.1. The van der Waals surface area contributed by atoms with Crippen molar-refractivity contribution in [3.05, 3.63) is 327 Å². The van der Waals surface area contributed by atoms with Crippen LogP contribution in [0.15, 0.2) is 333 Å². The third kappa shape index (κ3) is 12.8. The molecule has 8 nitrogen and oxygen atoms in total.